The molecular formula is C13H21N5. The third-order valence-electron chi connectivity index (χ3n) is 3.31. The van der Waals surface area contributed by atoms with Crippen LogP contribution >= 0.6 is 0 Å². The van der Waals surface area contributed by atoms with Crippen LogP contribution in [-0.4, -0.2) is 19.6 Å². The summed E-state index contributed by atoms with van der Waals surface area (Å²) in [6.07, 6.45) is 2.78. The normalized spacial score (nSPS) is 12.9. The molecule has 2 N–H and O–H groups in total. The highest BCUT2D eigenvalue weighted by atomic mass is 15.3. The minimum absolute atomic E-state index is 0.176. The van der Waals surface area contributed by atoms with Gasteiger partial charge in [0.25, 0.3) is 0 Å². The SMILES string of the molecule is CCc1cc(C(N)c2c(C)cnn2C)n(CC)n1. The van der Waals surface area contributed by atoms with E-state index in [0.717, 1.165) is 35.6 Å². The van der Waals surface area contributed by atoms with Crippen LogP contribution in [0, 0.1) is 6.92 Å². The smallest absolute Gasteiger partial charge is 0.0896 e. The zero-order valence-corrected chi connectivity index (χ0v) is 11.5. The van der Waals surface area contributed by atoms with Gasteiger partial charge in [-0.05, 0) is 31.9 Å². The van der Waals surface area contributed by atoms with E-state index in [1.165, 1.54) is 0 Å². The van der Waals surface area contributed by atoms with E-state index < -0.39 is 0 Å². The van der Waals surface area contributed by atoms with Gasteiger partial charge in [0.05, 0.1) is 29.3 Å². The maximum Gasteiger partial charge on any atom is 0.0896 e. The van der Waals surface area contributed by atoms with Gasteiger partial charge in [0.1, 0.15) is 0 Å². The van der Waals surface area contributed by atoms with Crippen LogP contribution in [0.3, 0.4) is 0 Å². The molecule has 0 aromatic carbocycles. The van der Waals surface area contributed by atoms with Crippen LogP contribution in [-0.2, 0) is 20.0 Å². The fourth-order valence-corrected chi connectivity index (χ4v) is 2.31. The molecule has 18 heavy (non-hydrogen) atoms. The highest BCUT2D eigenvalue weighted by Crippen LogP contribution is 2.23. The Bertz CT molecular complexity index is 518. The number of aryl methyl sites for hydroxylation is 4. The van der Waals surface area contributed by atoms with Crippen LogP contribution < -0.4 is 5.73 Å². The van der Waals surface area contributed by atoms with E-state index in [4.69, 9.17) is 5.73 Å². The topological polar surface area (TPSA) is 61.7 Å². The molecule has 5 nitrogen and oxygen atoms in total. The molecule has 2 rings (SSSR count). The molecule has 0 spiro atoms. The van der Waals surface area contributed by atoms with Gasteiger partial charge < -0.3 is 5.73 Å². The first kappa shape index (κ1) is 12.8. The van der Waals surface area contributed by atoms with Crippen molar-refractivity contribution in [3.63, 3.8) is 0 Å². The monoisotopic (exact) mass is 247 g/mol. The van der Waals surface area contributed by atoms with Crippen molar-refractivity contribution in [1.29, 1.82) is 0 Å². The summed E-state index contributed by atoms with van der Waals surface area (Å²) in [5.41, 5.74) is 10.7. The molecule has 0 amide bonds. The summed E-state index contributed by atoms with van der Waals surface area (Å²) in [6, 6.07) is 1.92. The molecule has 5 heteroatoms. The lowest BCUT2D eigenvalue weighted by molar-refractivity contribution is 0.574. The average molecular weight is 247 g/mol. The van der Waals surface area contributed by atoms with E-state index in [1.807, 2.05) is 29.5 Å². The molecular weight excluding hydrogens is 226 g/mol. The van der Waals surface area contributed by atoms with Crippen LogP contribution in [0.4, 0.5) is 0 Å². The summed E-state index contributed by atoms with van der Waals surface area (Å²) in [5, 5.41) is 8.80. The summed E-state index contributed by atoms with van der Waals surface area (Å²) >= 11 is 0. The third kappa shape index (κ3) is 2.06. The van der Waals surface area contributed by atoms with Crippen molar-refractivity contribution in [1.82, 2.24) is 19.6 Å². The van der Waals surface area contributed by atoms with E-state index in [-0.39, 0.29) is 6.04 Å². The van der Waals surface area contributed by atoms with Crippen LogP contribution in [0.1, 0.15) is 42.5 Å². The molecule has 0 aliphatic heterocycles. The van der Waals surface area contributed by atoms with Crippen molar-refractivity contribution in [3.05, 3.63) is 34.9 Å². The molecule has 0 bridgehead atoms. The van der Waals surface area contributed by atoms with Crippen molar-refractivity contribution in [2.24, 2.45) is 12.8 Å². The molecule has 0 aliphatic rings. The maximum absolute atomic E-state index is 6.39. The number of nitrogens with zero attached hydrogens (tertiary/aromatic N) is 4. The van der Waals surface area contributed by atoms with Crippen LogP contribution in [0.15, 0.2) is 12.3 Å². The zero-order chi connectivity index (χ0) is 13.3. The van der Waals surface area contributed by atoms with Gasteiger partial charge in [-0.2, -0.15) is 10.2 Å². The number of hydrogen-bond acceptors (Lipinski definition) is 3. The van der Waals surface area contributed by atoms with Crippen LogP contribution in [0.5, 0.6) is 0 Å². The Labute approximate surface area is 108 Å². The second-order valence-corrected chi connectivity index (χ2v) is 4.54. The summed E-state index contributed by atoms with van der Waals surface area (Å²) in [6.45, 7) is 7.06. The second kappa shape index (κ2) is 4.94. The molecule has 1 unspecified atom stereocenters. The Morgan fingerprint density at radius 2 is 2.11 bits per heavy atom. The fraction of sp³-hybridized carbons (Fsp3) is 0.538. The van der Waals surface area contributed by atoms with Crippen molar-refractivity contribution in [2.45, 2.75) is 39.8 Å². The van der Waals surface area contributed by atoms with Gasteiger partial charge in [-0.15, -0.1) is 0 Å². The average Bonchev–Trinajstić information content (AvgIpc) is 2.92. The van der Waals surface area contributed by atoms with Crippen LogP contribution in [0.25, 0.3) is 0 Å². The third-order valence-corrected chi connectivity index (χ3v) is 3.31. The number of rotatable bonds is 4. The highest BCUT2D eigenvalue weighted by Gasteiger charge is 2.20. The Kier molecular flexibility index (Phi) is 3.52. The second-order valence-electron chi connectivity index (χ2n) is 4.54. The van der Waals surface area contributed by atoms with E-state index in [9.17, 15) is 0 Å². The van der Waals surface area contributed by atoms with Gasteiger partial charge >= 0.3 is 0 Å². The highest BCUT2D eigenvalue weighted by molar-refractivity contribution is 5.28. The molecule has 2 aromatic rings. The quantitative estimate of drug-likeness (QED) is 0.891. The first-order chi connectivity index (χ1) is 8.58. The minimum Gasteiger partial charge on any atom is -0.318 e. The van der Waals surface area contributed by atoms with E-state index in [1.54, 1.807) is 0 Å². The van der Waals surface area contributed by atoms with Gasteiger partial charge in [0.15, 0.2) is 0 Å². The fourth-order valence-electron chi connectivity index (χ4n) is 2.31. The van der Waals surface area contributed by atoms with Crippen molar-refractivity contribution >= 4 is 0 Å². The predicted molar refractivity (Wildman–Crippen MR) is 71.3 cm³/mol. The van der Waals surface area contributed by atoms with Crippen molar-refractivity contribution < 1.29 is 0 Å². The van der Waals surface area contributed by atoms with Crippen molar-refractivity contribution in [3.8, 4) is 0 Å². The minimum atomic E-state index is -0.176. The van der Waals surface area contributed by atoms with Gasteiger partial charge in [-0.1, -0.05) is 6.92 Å². The number of aromatic nitrogens is 4. The summed E-state index contributed by atoms with van der Waals surface area (Å²) in [4.78, 5) is 0. The van der Waals surface area contributed by atoms with Crippen LogP contribution in [0.2, 0.25) is 0 Å². The zero-order valence-electron chi connectivity index (χ0n) is 11.5. The summed E-state index contributed by atoms with van der Waals surface area (Å²) < 4.78 is 3.83. The summed E-state index contributed by atoms with van der Waals surface area (Å²) in [7, 11) is 1.93. The van der Waals surface area contributed by atoms with Gasteiger partial charge in [0.2, 0.25) is 0 Å². The number of nitrogens with two attached hydrogens (primary N) is 1. The first-order valence-electron chi connectivity index (χ1n) is 6.39. The van der Waals surface area contributed by atoms with Gasteiger partial charge in [0, 0.05) is 13.6 Å². The lowest BCUT2D eigenvalue weighted by Gasteiger charge is -2.14. The van der Waals surface area contributed by atoms with E-state index in [0.29, 0.717) is 0 Å². The Morgan fingerprint density at radius 1 is 1.39 bits per heavy atom. The Balaban J connectivity index is 2.45. The molecule has 0 fully saturated rings. The Morgan fingerprint density at radius 3 is 2.61 bits per heavy atom. The molecule has 0 aliphatic carbocycles. The number of hydrogen-bond donors (Lipinski definition) is 1. The van der Waals surface area contributed by atoms with Gasteiger partial charge in [-0.25, -0.2) is 0 Å². The molecule has 2 aromatic heterocycles. The molecule has 0 radical (unpaired) electrons. The molecule has 98 valence electrons. The van der Waals surface area contributed by atoms with E-state index in [2.05, 4.69) is 30.1 Å². The maximum atomic E-state index is 6.39. The standard InChI is InChI=1S/C13H21N5/c1-5-10-7-11(18(6-2)16-10)12(14)13-9(3)8-15-17(13)4/h7-8,12H,5-6,14H2,1-4H3. The first-order valence-corrected chi connectivity index (χ1v) is 6.39. The largest absolute Gasteiger partial charge is 0.318 e. The molecule has 2 heterocycles. The summed E-state index contributed by atoms with van der Waals surface area (Å²) in [5.74, 6) is 0. The lowest BCUT2D eigenvalue weighted by Crippen LogP contribution is -2.20. The predicted octanol–water partition coefficient (Wildman–Crippen LogP) is 1.56. The molecule has 0 saturated carbocycles. The van der Waals surface area contributed by atoms with Gasteiger partial charge in [-0.3, -0.25) is 9.36 Å². The van der Waals surface area contributed by atoms with Crippen molar-refractivity contribution in [2.75, 3.05) is 0 Å². The Hall–Kier alpha value is -1.62. The molecule has 0 saturated heterocycles. The molecule has 1 atom stereocenters. The lowest BCUT2D eigenvalue weighted by atomic mass is 10.1. The van der Waals surface area contributed by atoms with E-state index >= 15 is 0 Å².